The summed E-state index contributed by atoms with van der Waals surface area (Å²) in [5.74, 6) is -0.888. The van der Waals surface area contributed by atoms with Crippen molar-refractivity contribution in [1.82, 2.24) is 19.2 Å². The molecule has 3 heterocycles. The number of fused-ring (bicyclic) bond motifs is 2. The van der Waals surface area contributed by atoms with E-state index in [9.17, 15) is 9.18 Å². The fourth-order valence-electron chi connectivity index (χ4n) is 2.96. The average molecular weight is 347 g/mol. The first kappa shape index (κ1) is 16.3. The van der Waals surface area contributed by atoms with Crippen LogP contribution in [0, 0.1) is 12.7 Å². The first-order chi connectivity index (χ1) is 12.5. The minimum absolute atomic E-state index is 0.220. The lowest BCUT2D eigenvalue weighted by Crippen LogP contribution is -2.15. The molecule has 4 rings (SSSR count). The zero-order valence-electron chi connectivity index (χ0n) is 14.3. The molecule has 1 aromatic carbocycles. The number of nitrogens with zero attached hydrogens (tertiary/aromatic N) is 4. The molecule has 0 spiro atoms. The number of nitrogens with one attached hydrogen (secondary N) is 1. The summed E-state index contributed by atoms with van der Waals surface area (Å²) >= 11 is 0. The van der Waals surface area contributed by atoms with Gasteiger partial charge in [0, 0.05) is 36.6 Å². The predicted octanol–water partition coefficient (Wildman–Crippen LogP) is 2.20. The zero-order valence-corrected chi connectivity index (χ0v) is 14.3. The number of carbonyl (C=O) groups excluding carboxylic acids is 1. The lowest BCUT2D eigenvalue weighted by Gasteiger charge is -2.08. The molecule has 26 heavy (non-hydrogen) atoms. The van der Waals surface area contributed by atoms with E-state index in [0.29, 0.717) is 39.9 Å². The second-order valence-electron chi connectivity index (χ2n) is 6.09. The van der Waals surface area contributed by atoms with Gasteiger partial charge in [0.1, 0.15) is 13.4 Å². The molecule has 0 unspecified atom stereocenters. The number of anilines is 1. The van der Waals surface area contributed by atoms with Gasteiger partial charge in [-0.15, -0.1) is 0 Å². The summed E-state index contributed by atoms with van der Waals surface area (Å²) in [6, 6.07) is 4.54. The molecule has 0 bridgehead atoms. The molecular weight excluding hydrogens is 332 g/mol. The van der Waals surface area contributed by atoms with Gasteiger partial charge >= 0.3 is 0 Å². The van der Waals surface area contributed by atoms with Crippen LogP contribution in [0.2, 0.25) is 0 Å². The Bertz CT molecular complexity index is 1160. The van der Waals surface area contributed by atoms with Crippen molar-refractivity contribution in [2.24, 2.45) is 0 Å². The molecule has 0 saturated carbocycles. The van der Waals surface area contributed by atoms with E-state index in [2.05, 4.69) is 15.4 Å². The molecule has 0 aliphatic rings. The molecule has 128 valence electrons. The SMILES string of the molecule is [B]c1ccc(C(=O)Nc2cc(F)c3nc(C)cn3c2)c2nn(CC)cc12. The highest BCUT2D eigenvalue weighted by Crippen LogP contribution is 2.19. The molecule has 6 nitrogen and oxygen atoms in total. The van der Waals surface area contributed by atoms with E-state index in [-0.39, 0.29) is 11.6 Å². The zero-order chi connectivity index (χ0) is 18.4. The van der Waals surface area contributed by atoms with Crippen LogP contribution in [0.25, 0.3) is 16.6 Å². The van der Waals surface area contributed by atoms with Gasteiger partial charge in [0.05, 0.1) is 16.9 Å². The van der Waals surface area contributed by atoms with Crippen molar-refractivity contribution in [2.45, 2.75) is 20.4 Å². The molecule has 2 radical (unpaired) electrons. The maximum absolute atomic E-state index is 14.2. The molecule has 8 heteroatoms. The molecule has 0 aliphatic heterocycles. The Labute approximate surface area is 150 Å². The monoisotopic (exact) mass is 347 g/mol. The Morgan fingerprint density at radius 1 is 1.31 bits per heavy atom. The van der Waals surface area contributed by atoms with E-state index in [1.807, 2.05) is 6.92 Å². The minimum atomic E-state index is -0.506. The van der Waals surface area contributed by atoms with Gasteiger partial charge in [-0.25, -0.2) is 9.37 Å². The molecule has 3 aromatic heterocycles. The van der Waals surface area contributed by atoms with Crippen LogP contribution in [0.1, 0.15) is 23.0 Å². The second kappa shape index (κ2) is 5.98. The lowest BCUT2D eigenvalue weighted by molar-refractivity contribution is 0.102. The number of aromatic nitrogens is 4. The fourth-order valence-corrected chi connectivity index (χ4v) is 2.96. The third-order valence-electron chi connectivity index (χ3n) is 4.21. The number of imidazole rings is 1. The number of hydrogen-bond acceptors (Lipinski definition) is 3. The Kier molecular flexibility index (Phi) is 3.75. The predicted molar refractivity (Wildman–Crippen MR) is 98.6 cm³/mol. The molecule has 0 atom stereocenters. The summed E-state index contributed by atoms with van der Waals surface area (Å²) in [7, 11) is 5.99. The quantitative estimate of drug-likeness (QED) is 0.578. The van der Waals surface area contributed by atoms with Gasteiger partial charge in [-0.3, -0.25) is 9.48 Å². The summed E-state index contributed by atoms with van der Waals surface area (Å²) in [6.45, 7) is 4.39. The maximum atomic E-state index is 14.2. The third-order valence-corrected chi connectivity index (χ3v) is 4.21. The van der Waals surface area contributed by atoms with E-state index in [0.717, 1.165) is 0 Å². The second-order valence-corrected chi connectivity index (χ2v) is 6.09. The fraction of sp³-hybridized carbons (Fsp3) is 0.167. The van der Waals surface area contributed by atoms with E-state index >= 15 is 0 Å². The maximum Gasteiger partial charge on any atom is 0.257 e. The highest BCUT2D eigenvalue weighted by molar-refractivity contribution is 6.39. The van der Waals surface area contributed by atoms with Gasteiger partial charge < -0.3 is 9.72 Å². The van der Waals surface area contributed by atoms with Crippen LogP contribution in [0.5, 0.6) is 0 Å². The number of benzene rings is 1. The highest BCUT2D eigenvalue weighted by Gasteiger charge is 2.16. The van der Waals surface area contributed by atoms with E-state index in [1.54, 1.807) is 46.7 Å². The van der Waals surface area contributed by atoms with Crippen LogP contribution in [0.3, 0.4) is 0 Å². The Morgan fingerprint density at radius 3 is 2.88 bits per heavy atom. The van der Waals surface area contributed by atoms with Crippen molar-refractivity contribution >= 4 is 41.5 Å². The normalized spacial score (nSPS) is 11.3. The van der Waals surface area contributed by atoms with Crippen LogP contribution in [-0.4, -0.2) is 32.9 Å². The van der Waals surface area contributed by atoms with Gasteiger partial charge in [-0.2, -0.15) is 5.10 Å². The van der Waals surface area contributed by atoms with Crippen molar-refractivity contribution in [3.8, 4) is 0 Å². The number of aryl methyl sites for hydroxylation is 2. The van der Waals surface area contributed by atoms with Crippen LogP contribution in [0.15, 0.2) is 36.8 Å². The molecule has 0 fully saturated rings. The smallest absolute Gasteiger partial charge is 0.257 e. The standard InChI is InChI=1S/C18H15BFN5O/c1-3-25-9-13-14(19)5-4-12(16(13)23-25)18(26)22-11-6-15(20)17-21-10(2)7-24(17)8-11/h4-9H,3H2,1-2H3,(H,22,26). The number of pyridine rings is 1. The lowest BCUT2D eigenvalue weighted by atomic mass is 9.91. The molecule has 4 aromatic rings. The van der Waals surface area contributed by atoms with Gasteiger partial charge in [0.25, 0.3) is 5.91 Å². The molecule has 0 saturated heterocycles. The van der Waals surface area contributed by atoms with E-state index < -0.39 is 5.82 Å². The number of carbonyl (C=O) groups is 1. The summed E-state index contributed by atoms with van der Waals surface area (Å²) in [4.78, 5) is 16.8. The van der Waals surface area contributed by atoms with Crippen LogP contribution < -0.4 is 10.8 Å². The Hall–Kier alpha value is -3.16. The summed E-state index contributed by atoms with van der Waals surface area (Å²) < 4.78 is 17.5. The van der Waals surface area contributed by atoms with Crippen LogP contribution in [0.4, 0.5) is 10.1 Å². The highest BCUT2D eigenvalue weighted by atomic mass is 19.1. The van der Waals surface area contributed by atoms with Gasteiger partial charge in [-0.05, 0) is 19.9 Å². The van der Waals surface area contributed by atoms with Crippen LogP contribution >= 0.6 is 0 Å². The van der Waals surface area contributed by atoms with Gasteiger partial charge in [-0.1, -0.05) is 11.5 Å². The topological polar surface area (TPSA) is 64.2 Å². The van der Waals surface area contributed by atoms with E-state index in [1.165, 1.54) is 6.07 Å². The summed E-state index contributed by atoms with van der Waals surface area (Å²) in [5, 5.41) is 7.85. The summed E-state index contributed by atoms with van der Waals surface area (Å²) in [5.41, 5.74) is 2.69. The average Bonchev–Trinajstić information content (AvgIpc) is 3.19. The summed E-state index contributed by atoms with van der Waals surface area (Å²) in [6.07, 6.45) is 5.12. The van der Waals surface area contributed by atoms with Crippen molar-refractivity contribution in [3.63, 3.8) is 0 Å². The number of hydrogen-bond donors (Lipinski definition) is 1. The van der Waals surface area contributed by atoms with Crippen molar-refractivity contribution in [2.75, 3.05) is 5.32 Å². The number of rotatable bonds is 3. The number of halogens is 1. The third kappa shape index (κ3) is 2.63. The van der Waals surface area contributed by atoms with Gasteiger partial charge in [0.2, 0.25) is 0 Å². The molecule has 0 aliphatic carbocycles. The molecule has 1 N–H and O–H groups in total. The largest absolute Gasteiger partial charge is 0.320 e. The van der Waals surface area contributed by atoms with Gasteiger partial charge in [0.15, 0.2) is 11.5 Å². The van der Waals surface area contributed by atoms with E-state index in [4.69, 9.17) is 7.85 Å². The van der Waals surface area contributed by atoms with Crippen molar-refractivity contribution < 1.29 is 9.18 Å². The minimum Gasteiger partial charge on any atom is -0.320 e. The first-order valence-electron chi connectivity index (χ1n) is 8.18. The number of amides is 1. The van der Waals surface area contributed by atoms with Crippen LogP contribution in [-0.2, 0) is 6.54 Å². The molecule has 1 amide bonds. The Morgan fingerprint density at radius 2 is 2.12 bits per heavy atom. The molecular formula is C18H15BFN5O. The van der Waals surface area contributed by atoms with Crippen molar-refractivity contribution in [3.05, 3.63) is 53.9 Å². The Balaban J connectivity index is 1.74. The van der Waals surface area contributed by atoms with Crippen molar-refractivity contribution in [1.29, 1.82) is 0 Å². The first-order valence-corrected chi connectivity index (χ1v) is 8.18.